The molecule has 1 rings (SSSR count). The second-order valence-corrected chi connectivity index (χ2v) is 2.95. The maximum atomic E-state index is 11.6. The maximum absolute atomic E-state index is 11.6. The Hall–Kier alpha value is -2.42. The zero-order chi connectivity index (χ0) is 12.8. The lowest BCUT2D eigenvalue weighted by Gasteiger charge is -2.14. The van der Waals surface area contributed by atoms with Gasteiger partial charge in [-0.2, -0.15) is 5.26 Å². The molecule has 1 aromatic rings. The molecule has 0 radical (unpaired) electrons. The van der Waals surface area contributed by atoms with Crippen LogP contribution in [0.5, 0.6) is 17.2 Å². The van der Waals surface area contributed by atoms with E-state index < -0.39 is 5.91 Å². The van der Waals surface area contributed by atoms with E-state index in [-0.39, 0.29) is 11.3 Å². The number of ether oxygens (including phenoxy) is 3. The molecule has 0 saturated heterocycles. The first-order chi connectivity index (χ1) is 8.19. The van der Waals surface area contributed by atoms with E-state index in [2.05, 4.69) is 0 Å². The Morgan fingerprint density at radius 2 is 1.82 bits per heavy atom. The van der Waals surface area contributed by atoms with Gasteiger partial charge in [0.1, 0.15) is 0 Å². The van der Waals surface area contributed by atoms with Gasteiger partial charge >= 0.3 is 0 Å². The number of amides is 1. The third-order valence-corrected chi connectivity index (χ3v) is 2.12. The van der Waals surface area contributed by atoms with E-state index in [1.807, 2.05) is 5.32 Å². The summed E-state index contributed by atoms with van der Waals surface area (Å²) in [7, 11) is 4.32. The molecule has 1 N–H and O–H groups in total. The first-order valence-electron chi connectivity index (χ1n) is 4.68. The molecule has 90 valence electrons. The molecule has 0 heterocycles. The van der Waals surface area contributed by atoms with Crippen molar-refractivity contribution in [3.05, 3.63) is 17.7 Å². The van der Waals surface area contributed by atoms with Crippen LogP contribution < -0.4 is 19.5 Å². The van der Waals surface area contributed by atoms with Crippen LogP contribution in [0.15, 0.2) is 12.1 Å². The summed E-state index contributed by atoms with van der Waals surface area (Å²) in [5.74, 6) is 0.406. The van der Waals surface area contributed by atoms with Crippen molar-refractivity contribution in [2.24, 2.45) is 0 Å². The topological polar surface area (TPSA) is 80.6 Å². The number of methoxy groups -OCH3 is 3. The molecule has 1 amide bonds. The Kier molecular flexibility index (Phi) is 4.17. The van der Waals surface area contributed by atoms with E-state index in [1.54, 1.807) is 12.3 Å². The highest BCUT2D eigenvalue weighted by atomic mass is 16.5. The molecule has 0 fully saturated rings. The largest absolute Gasteiger partial charge is 0.493 e. The average molecular weight is 236 g/mol. The summed E-state index contributed by atoms with van der Waals surface area (Å²) in [6, 6.07) is 3.06. The van der Waals surface area contributed by atoms with Gasteiger partial charge in [0.05, 0.1) is 26.9 Å². The van der Waals surface area contributed by atoms with Crippen LogP contribution in [0.1, 0.15) is 10.4 Å². The lowest BCUT2D eigenvalue weighted by Crippen LogP contribution is -2.18. The monoisotopic (exact) mass is 236 g/mol. The predicted molar refractivity (Wildman–Crippen MR) is 59.2 cm³/mol. The van der Waals surface area contributed by atoms with Crippen molar-refractivity contribution in [2.75, 3.05) is 21.3 Å². The number of nitrogens with zero attached hydrogens (tertiary/aromatic N) is 1. The van der Waals surface area contributed by atoms with Crippen molar-refractivity contribution in [2.45, 2.75) is 0 Å². The van der Waals surface area contributed by atoms with E-state index >= 15 is 0 Å². The highest BCUT2D eigenvalue weighted by Gasteiger charge is 2.20. The minimum atomic E-state index is -0.565. The lowest BCUT2D eigenvalue weighted by atomic mass is 10.1. The summed E-state index contributed by atoms with van der Waals surface area (Å²) in [6.45, 7) is 0. The highest BCUT2D eigenvalue weighted by Crippen LogP contribution is 2.39. The third kappa shape index (κ3) is 2.39. The molecule has 0 aliphatic carbocycles. The van der Waals surface area contributed by atoms with Gasteiger partial charge in [-0.1, -0.05) is 0 Å². The Labute approximate surface area is 98.7 Å². The minimum absolute atomic E-state index is 0.201. The Bertz CT molecular complexity index is 465. The van der Waals surface area contributed by atoms with Gasteiger partial charge in [0, 0.05) is 0 Å². The molecule has 0 aliphatic heterocycles. The number of nitrogens with one attached hydrogen (secondary N) is 1. The Balaban J connectivity index is 3.33. The number of carbonyl (C=O) groups is 1. The van der Waals surface area contributed by atoms with Gasteiger partial charge in [-0.25, -0.2) is 0 Å². The van der Waals surface area contributed by atoms with Crippen LogP contribution in [-0.2, 0) is 0 Å². The summed E-state index contributed by atoms with van der Waals surface area (Å²) in [4.78, 5) is 11.6. The maximum Gasteiger partial charge on any atom is 0.268 e. The summed E-state index contributed by atoms with van der Waals surface area (Å²) >= 11 is 0. The molecule has 1 aromatic carbocycles. The third-order valence-electron chi connectivity index (χ3n) is 2.12. The Morgan fingerprint density at radius 3 is 2.29 bits per heavy atom. The van der Waals surface area contributed by atoms with Crippen molar-refractivity contribution in [1.82, 2.24) is 5.32 Å². The Morgan fingerprint density at radius 1 is 1.18 bits per heavy atom. The quantitative estimate of drug-likeness (QED) is 0.621. The van der Waals surface area contributed by atoms with E-state index in [0.717, 1.165) is 0 Å². The fourth-order valence-electron chi connectivity index (χ4n) is 1.40. The molecule has 0 aliphatic rings. The van der Waals surface area contributed by atoms with Crippen LogP contribution in [0.4, 0.5) is 0 Å². The normalized spacial score (nSPS) is 9.06. The van der Waals surface area contributed by atoms with Crippen LogP contribution in [0, 0.1) is 11.5 Å². The number of nitriles is 1. The van der Waals surface area contributed by atoms with Crippen molar-refractivity contribution < 1.29 is 19.0 Å². The van der Waals surface area contributed by atoms with Crippen LogP contribution >= 0.6 is 0 Å². The van der Waals surface area contributed by atoms with Gasteiger partial charge in [0.15, 0.2) is 17.7 Å². The fourth-order valence-corrected chi connectivity index (χ4v) is 1.40. The zero-order valence-electron chi connectivity index (χ0n) is 9.73. The zero-order valence-corrected chi connectivity index (χ0v) is 9.73. The molecule has 0 aromatic heterocycles. The van der Waals surface area contributed by atoms with Gasteiger partial charge in [-0.3, -0.25) is 10.1 Å². The molecule has 0 bridgehead atoms. The summed E-state index contributed by atoms with van der Waals surface area (Å²) in [5, 5.41) is 10.4. The first-order valence-corrected chi connectivity index (χ1v) is 4.68. The molecular formula is C11H12N2O4. The molecule has 0 unspecified atom stereocenters. The van der Waals surface area contributed by atoms with Gasteiger partial charge in [0.25, 0.3) is 5.91 Å². The van der Waals surface area contributed by atoms with Crippen LogP contribution in [0.2, 0.25) is 0 Å². The molecule has 6 heteroatoms. The second kappa shape index (κ2) is 5.61. The van der Waals surface area contributed by atoms with Crippen molar-refractivity contribution in [1.29, 1.82) is 5.26 Å². The second-order valence-electron chi connectivity index (χ2n) is 2.95. The van der Waals surface area contributed by atoms with Gasteiger partial charge in [0.2, 0.25) is 5.75 Å². The highest BCUT2D eigenvalue weighted by molar-refractivity contribution is 5.99. The lowest BCUT2D eigenvalue weighted by molar-refractivity contribution is 0.0969. The molecule has 0 spiro atoms. The number of benzene rings is 1. The van der Waals surface area contributed by atoms with Crippen molar-refractivity contribution in [3.8, 4) is 23.4 Å². The number of carbonyl (C=O) groups excluding carboxylic acids is 1. The van der Waals surface area contributed by atoms with Crippen LogP contribution in [0.25, 0.3) is 0 Å². The van der Waals surface area contributed by atoms with E-state index in [9.17, 15) is 4.79 Å². The number of rotatable bonds is 4. The summed E-state index contributed by atoms with van der Waals surface area (Å²) in [5.41, 5.74) is 0.201. The fraction of sp³-hybridized carbons (Fsp3) is 0.273. The SMILES string of the molecule is COc1ccc(C(=O)NC#N)c(OC)c1OC. The van der Waals surface area contributed by atoms with E-state index in [4.69, 9.17) is 19.5 Å². The van der Waals surface area contributed by atoms with E-state index in [0.29, 0.717) is 11.5 Å². The smallest absolute Gasteiger partial charge is 0.268 e. The predicted octanol–water partition coefficient (Wildman–Crippen LogP) is 0.923. The molecular weight excluding hydrogens is 224 g/mol. The minimum Gasteiger partial charge on any atom is -0.493 e. The van der Waals surface area contributed by atoms with Gasteiger partial charge in [-0.05, 0) is 12.1 Å². The number of hydrogen-bond acceptors (Lipinski definition) is 5. The van der Waals surface area contributed by atoms with Crippen LogP contribution in [0.3, 0.4) is 0 Å². The van der Waals surface area contributed by atoms with Crippen LogP contribution in [-0.4, -0.2) is 27.2 Å². The van der Waals surface area contributed by atoms with Gasteiger partial charge in [-0.15, -0.1) is 0 Å². The molecule has 0 atom stereocenters. The van der Waals surface area contributed by atoms with Crippen molar-refractivity contribution >= 4 is 5.91 Å². The molecule has 0 saturated carbocycles. The molecule has 17 heavy (non-hydrogen) atoms. The number of hydrogen-bond donors (Lipinski definition) is 1. The van der Waals surface area contributed by atoms with Crippen molar-refractivity contribution in [3.63, 3.8) is 0 Å². The first kappa shape index (κ1) is 12.6. The average Bonchev–Trinajstić information content (AvgIpc) is 2.36. The standard InChI is InChI=1S/C11H12N2O4/c1-15-8-5-4-7(11(14)13-6-12)9(16-2)10(8)17-3/h4-5H,1-3H3,(H,13,14). The summed E-state index contributed by atoms with van der Waals surface area (Å²) in [6.07, 6.45) is 1.56. The summed E-state index contributed by atoms with van der Waals surface area (Å²) < 4.78 is 15.3. The molecule has 6 nitrogen and oxygen atoms in total. The van der Waals surface area contributed by atoms with Gasteiger partial charge < -0.3 is 14.2 Å². The van der Waals surface area contributed by atoms with E-state index in [1.165, 1.54) is 27.4 Å².